The molecule has 3 nitrogen and oxygen atoms in total. The number of nitrogens with zero attached hydrogens (tertiary/aromatic N) is 1. The molecule has 0 aliphatic carbocycles. The first kappa shape index (κ1) is 11.1. The minimum absolute atomic E-state index is 0.396. The summed E-state index contributed by atoms with van der Waals surface area (Å²) >= 11 is 5.11. The van der Waals surface area contributed by atoms with Crippen LogP contribution >= 0.6 is 12.2 Å². The van der Waals surface area contributed by atoms with Crippen LogP contribution in [0.4, 0.5) is 5.82 Å². The van der Waals surface area contributed by atoms with E-state index in [1.54, 1.807) is 0 Å². The van der Waals surface area contributed by atoms with Gasteiger partial charge in [-0.2, -0.15) is 0 Å². The van der Waals surface area contributed by atoms with Crippen molar-refractivity contribution in [3.8, 4) is 0 Å². The smallest absolute Gasteiger partial charge is 0.199 e. The minimum Gasteiger partial charge on any atom is -0.367 e. The van der Waals surface area contributed by atoms with Gasteiger partial charge in [0.25, 0.3) is 0 Å². The van der Waals surface area contributed by atoms with Crippen molar-refractivity contribution in [1.82, 2.24) is 9.97 Å². The summed E-state index contributed by atoms with van der Waals surface area (Å²) in [5.74, 6) is 0.869. The van der Waals surface area contributed by atoms with Crippen molar-refractivity contribution in [3.63, 3.8) is 0 Å². The summed E-state index contributed by atoms with van der Waals surface area (Å²) in [5, 5.41) is 4.46. The monoisotopic (exact) mass is 233 g/mol. The average molecular weight is 233 g/mol. The molecular formula is C12H15N3S. The maximum atomic E-state index is 5.11. The molecular weight excluding hydrogens is 218 g/mol. The highest BCUT2D eigenvalue weighted by Gasteiger charge is 2.05. The Morgan fingerprint density at radius 2 is 2.19 bits per heavy atom. The average Bonchev–Trinajstić information content (AvgIpc) is 2.28. The fourth-order valence-electron chi connectivity index (χ4n) is 1.55. The van der Waals surface area contributed by atoms with E-state index in [4.69, 9.17) is 12.2 Å². The van der Waals surface area contributed by atoms with Crippen LogP contribution in [-0.4, -0.2) is 16.0 Å². The zero-order chi connectivity index (χ0) is 11.5. The standard InChI is InChI=1S/C12H15N3S/c1-3-8(2)13-11-9-6-4-5-7-10(9)14-12(16)15-11/h4-8H,3H2,1-2H3,(H2,13,14,15,16)/t8-/m1/s1. The maximum absolute atomic E-state index is 5.11. The van der Waals surface area contributed by atoms with Crippen molar-refractivity contribution in [2.45, 2.75) is 26.3 Å². The van der Waals surface area contributed by atoms with Crippen LogP contribution in [0.5, 0.6) is 0 Å². The van der Waals surface area contributed by atoms with Gasteiger partial charge in [0.15, 0.2) is 4.77 Å². The van der Waals surface area contributed by atoms with Crippen LogP contribution in [0.2, 0.25) is 0 Å². The Morgan fingerprint density at radius 1 is 1.44 bits per heavy atom. The Labute approximate surface area is 99.9 Å². The van der Waals surface area contributed by atoms with Crippen molar-refractivity contribution in [2.24, 2.45) is 0 Å². The van der Waals surface area contributed by atoms with Crippen LogP contribution in [0, 0.1) is 4.77 Å². The van der Waals surface area contributed by atoms with Gasteiger partial charge in [-0.1, -0.05) is 19.1 Å². The molecule has 1 heterocycles. The number of rotatable bonds is 3. The fraction of sp³-hybridized carbons (Fsp3) is 0.333. The summed E-state index contributed by atoms with van der Waals surface area (Å²) < 4.78 is 0.518. The molecule has 1 aromatic heterocycles. The lowest BCUT2D eigenvalue weighted by Crippen LogP contribution is -2.15. The molecule has 0 saturated heterocycles. The lowest BCUT2D eigenvalue weighted by molar-refractivity contribution is 0.760. The second-order valence-corrected chi connectivity index (χ2v) is 4.28. The van der Waals surface area contributed by atoms with Crippen molar-refractivity contribution in [2.75, 3.05) is 5.32 Å². The first-order valence-electron chi connectivity index (χ1n) is 5.46. The maximum Gasteiger partial charge on any atom is 0.199 e. The van der Waals surface area contributed by atoms with Crippen molar-refractivity contribution >= 4 is 28.9 Å². The Morgan fingerprint density at radius 3 is 2.94 bits per heavy atom. The molecule has 0 aliphatic heterocycles. The molecule has 1 atom stereocenters. The van der Waals surface area contributed by atoms with Gasteiger partial charge in [0.2, 0.25) is 0 Å². The summed E-state index contributed by atoms with van der Waals surface area (Å²) in [7, 11) is 0. The number of H-pyrrole nitrogens is 1. The Balaban J connectivity index is 2.54. The fourth-order valence-corrected chi connectivity index (χ4v) is 1.75. The van der Waals surface area contributed by atoms with E-state index >= 15 is 0 Å². The highest BCUT2D eigenvalue weighted by Crippen LogP contribution is 2.19. The number of hydrogen-bond donors (Lipinski definition) is 2. The van der Waals surface area contributed by atoms with Crippen LogP contribution in [-0.2, 0) is 0 Å². The van der Waals surface area contributed by atoms with Crippen LogP contribution in [0.1, 0.15) is 20.3 Å². The van der Waals surface area contributed by atoms with Gasteiger partial charge < -0.3 is 10.3 Å². The first-order valence-corrected chi connectivity index (χ1v) is 5.87. The third-order valence-electron chi connectivity index (χ3n) is 2.63. The zero-order valence-electron chi connectivity index (χ0n) is 9.45. The highest BCUT2D eigenvalue weighted by molar-refractivity contribution is 7.71. The molecule has 0 spiro atoms. The van der Waals surface area contributed by atoms with E-state index < -0.39 is 0 Å². The molecule has 1 aromatic carbocycles. The van der Waals surface area contributed by atoms with E-state index in [1.165, 1.54) is 0 Å². The summed E-state index contributed by atoms with van der Waals surface area (Å²) in [6.07, 6.45) is 1.06. The second-order valence-electron chi connectivity index (χ2n) is 3.89. The number of benzene rings is 1. The van der Waals surface area contributed by atoms with Gasteiger partial charge in [-0.25, -0.2) is 4.98 Å². The molecule has 2 N–H and O–H groups in total. The van der Waals surface area contributed by atoms with Gasteiger partial charge in [-0.3, -0.25) is 0 Å². The summed E-state index contributed by atoms with van der Waals surface area (Å²) in [5.41, 5.74) is 1.02. The molecule has 0 unspecified atom stereocenters. The van der Waals surface area contributed by atoms with Gasteiger partial charge in [0.05, 0.1) is 5.52 Å². The van der Waals surface area contributed by atoms with Gasteiger partial charge in [-0.15, -0.1) is 0 Å². The molecule has 0 radical (unpaired) electrons. The zero-order valence-corrected chi connectivity index (χ0v) is 10.3. The Bertz CT molecular complexity index is 547. The van der Waals surface area contributed by atoms with Crippen molar-refractivity contribution < 1.29 is 0 Å². The number of hydrogen-bond acceptors (Lipinski definition) is 3. The molecule has 0 fully saturated rings. The normalized spacial score (nSPS) is 12.6. The van der Waals surface area contributed by atoms with Gasteiger partial charge in [0.1, 0.15) is 5.82 Å². The van der Waals surface area contributed by atoms with Crippen molar-refractivity contribution in [1.29, 1.82) is 0 Å². The number of aromatic amines is 1. The molecule has 84 valence electrons. The SMILES string of the molecule is CC[C@@H](C)Nc1nc(=S)[nH]c2ccccc12. The van der Waals surface area contributed by atoms with Crippen molar-refractivity contribution in [3.05, 3.63) is 29.0 Å². The van der Waals surface area contributed by atoms with E-state index in [0.717, 1.165) is 23.1 Å². The van der Waals surface area contributed by atoms with E-state index in [1.807, 2.05) is 24.3 Å². The number of aromatic nitrogens is 2. The molecule has 4 heteroatoms. The number of nitrogens with one attached hydrogen (secondary N) is 2. The molecule has 0 aliphatic rings. The van der Waals surface area contributed by atoms with E-state index in [2.05, 4.69) is 29.1 Å². The van der Waals surface area contributed by atoms with E-state index in [0.29, 0.717) is 10.8 Å². The highest BCUT2D eigenvalue weighted by atomic mass is 32.1. The summed E-state index contributed by atoms with van der Waals surface area (Å²) in [6, 6.07) is 8.43. The van der Waals surface area contributed by atoms with Crippen LogP contribution < -0.4 is 5.32 Å². The quantitative estimate of drug-likeness (QED) is 0.797. The predicted octanol–water partition coefficient (Wildman–Crippen LogP) is 3.50. The predicted molar refractivity (Wildman–Crippen MR) is 70.3 cm³/mol. The second kappa shape index (κ2) is 4.61. The summed E-state index contributed by atoms with van der Waals surface area (Å²) in [4.78, 5) is 7.42. The molecule has 0 saturated carbocycles. The van der Waals surface area contributed by atoms with Gasteiger partial charge in [-0.05, 0) is 37.7 Å². The summed E-state index contributed by atoms with van der Waals surface area (Å²) in [6.45, 7) is 4.28. The largest absolute Gasteiger partial charge is 0.367 e. The third-order valence-corrected chi connectivity index (χ3v) is 2.83. The van der Waals surface area contributed by atoms with E-state index in [-0.39, 0.29) is 0 Å². The Kier molecular flexibility index (Phi) is 3.19. The van der Waals surface area contributed by atoms with Crippen LogP contribution in [0.3, 0.4) is 0 Å². The lowest BCUT2D eigenvalue weighted by Gasteiger charge is -2.13. The van der Waals surface area contributed by atoms with E-state index in [9.17, 15) is 0 Å². The number of fused-ring (bicyclic) bond motifs is 1. The topological polar surface area (TPSA) is 40.7 Å². The molecule has 0 bridgehead atoms. The number of anilines is 1. The first-order chi connectivity index (χ1) is 7.70. The van der Waals surface area contributed by atoms with Gasteiger partial charge in [0, 0.05) is 11.4 Å². The molecule has 16 heavy (non-hydrogen) atoms. The van der Waals surface area contributed by atoms with Gasteiger partial charge >= 0.3 is 0 Å². The van der Waals surface area contributed by atoms with Crippen LogP contribution in [0.15, 0.2) is 24.3 Å². The molecule has 2 rings (SSSR count). The Hall–Kier alpha value is -1.42. The number of para-hydroxylation sites is 1. The molecule has 0 amide bonds. The third kappa shape index (κ3) is 2.22. The van der Waals surface area contributed by atoms with Crippen LogP contribution in [0.25, 0.3) is 10.9 Å². The molecule has 2 aromatic rings. The minimum atomic E-state index is 0.396. The lowest BCUT2D eigenvalue weighted by atomic mass is 10.2.